The number of likely N-dealkylation sites (tertiary alicyclic amines) is 1. The van der Waals surface area contributed by atoms with Crippen molar-refractivity contribution in [3.05, 3.63) is 20.8 Å². The van der Waals surface area contributed by atoms with E-state index in [-0.39, 0.29) is 18.4 Å². The van der Waals surface area contributed by atoms with Gasteiger partial charge in [-0.05, 0) is 47.4 Å². The highest BCUT2D eigenvalue weighted by Gasteiger charge is 2.28. The molecule has 1 unspecified atom stereocenters. The predicted molar refractivity (Wildman–Crippen MR) is 75.0 cm³/mol. The van der Waals surface area contributed by atoms with Crippen molar-refractivity contribution in [1.29, 1.82) is 0 Å². The van der Waals surface area contributed by atoms with E-state index >= 15 is 0 Å². The molecule has 1 aliphatic heterocycles. The quantitative estimate of drug-likeness (QED) is 0.917. The molecule has 1 aliphatic rings. The topological polar surface area (TPSA) is 40.5 Å². The summed E-state index contributed by atoms with van der Waals surface area (Å²) in [5.74, 6) is -0.685. The van der Waals surface area contributed by atoms with Crippen LogP contribution in [-0.2, 0) is 11.3 Å². The molecule has 1 atom stereocenters. The third-order valence-electron chi connectivity index (χ3n) is 2.89. The number of carbonyl (C=O) groups is 1. The molecule has 2 rings (SSSR count). The minimum atomic E-state index is -0.685. The third-order valence-corrected chi connectivity index (χ3v) is 4.49. The minimum absolute atomic E-state index is 0. The summed E-state index contributed by atoms with van der Waals surface area (Å²) in [6.07, 6.45) is 2.92. The molecular formula is C11H15BrClNO2S. The number of nitrogens with zero attached hydrogens (tertiary/aromatic N) is 1. The summed E-state index contributed by atoms with van der Waals surface area (Å²) in [6, 6.07) is 3.77. The van der Waals surface area contributed by atoms with E-state index in [1.54, 1.807) is 11.3 Å². The van der Waals surface area contributed by atoms with Crippen LogP contribution < -0.4 is 0 Å². The van der Waals surface area contributed by atoms with Gasteiger partial charge >= 0.3 is 5.97 Å². The SMILES string of the molecule is Cl.O=C(O)C1CCCCN1Cc1ccc(Br)s1. The van der Waals surface area contributed by atoms with E-state index in [4.69, 9.17) is 5.11 Å². The molecule has 1 aromatic heterocycles. The van der Waals surface area contributed by atoms with E-state index in [0.717, 1.165) is 36.1 Å². The van der Waals surface area contributed by atoms with Gasteiger partial charge in [-0.1, -0.05) is 6.42 Å². The number of rotatable bonds is 3. The largest absolute Gasteiger partial charge is 0.480 e. The highest BCUT2D eigenvalue weighted by Crippen LogP contribution is 2.26. The molecule has 3 nitrogen and oxygen atoms in total. The molecule has 1 saturated heterocycles. The first-order chi connectivity index (χ1) is 7.66. The molecule has 1 fully saturated rings. The first kappa shape index (κ1) is 15.0. The van der Waals surface area contributed by atoms with Gasteiger partial charge in [0.2, 0.25) is 0 Å². The van der Waals surface area contributed by atoms with Gasteiger partial charge < -0.3 is 5.11 Å². The summed E-state index contributed by atoms with van der Waals surface area (Å²) in [7, 11) is 0. The maximum absolute atomic E-state index is 11.1. The van der Waals surface area contributed by atoms with Crippen molar-refractivity contribution in [3.8, 4) is 0 Å². The normalized spacial score (nSPS) is 20.9. The molecule has 1 aromatic rings. The Morgan fingerprint density at radius 1 is 1.53 bits per heavy atom. The predicted octanol–water partition coefficient (Wildman–Crippen LogP) is 3.37. The van der Waals surface area contributed by atoms with Crippen LogP contribution in [-0.4, -0.2) is 28.6 Å². The van der Waals surface area contributed by atoms with Crippen molar-refractivity contribution in [1.82, 2.24) is 4.90 Å². The van der Waals surface area contributed by atoms with E-state index < -0.39 is 5.97 Å². The first-order valence-corrected chi connectivity index (χ1v) is 6.99. The van der Waals surface area contributed by atoms with E-state index in [1.165, 1.54) is 4.88 Å². The summed E-state index contributed by atoms with van der Waals surface area (Å²) in [5, 5.41) is 9.14. The molecule has 0 spiro atoms. The molecule has 0 aliphatic carbocycles. The van der Waals surface area contributed by atoms with Crippen LogP contribution in [0.2, 0.25) is 0 Å². The Morgan fingerprint density at radius 2 is 2.29 bits per heavy atom. The number of carboxylic acids is 1. The van der Waals surface area contributed by atoms with Crippen molar-refractivity contribution in [2.24, 2.45) is 0 Å². The summed E-state index contributed by atoms with van der Waals surface area (Å²) >= 11 is 5.10. The van der Waals surface area contributed by atoms with Crippen molar-refractivity contribution < 1.29 is 9.90 Å². The van der Waals surface area contributed by atoms with Gasteiger partial charge in [-0.25, -0.2) is 0 Å². The third kappa shape index (κ3) is 3.95. The number of hydrogen-bond acceptors (Lipinski definition) is 3. The Balaban J connectivity index is 0.00000144. The molecular weight excluding hydrogens is 326 g/mol. The average Bonchev–Trinajstić information content (AvgIpc) is 2.64. The van der Waals surface area contributed by atoms with Crippen LogP contribution in [0.5, 0.6) is 0 Å². The van der Waals surface area contributed by atoms with E-state index in [9.17, 15) is 4.79 Å². The zero-order valence-corrected chi connectivity index (χ0v) is 12.5. The van der Waals surface area contributed by atoms with Crippen LogP contribution in [0.4, 0.5) is 0 Å². The average molecular weight is 341 g/mol. The van der Waals surface area contributed by atoms with Gasteiger partial charge in [0.05, 0.1) is 3.79 Å². The fraction of sp³-hybridized carbons (Fsp3) is 0.545. The number of aliphatic carboxylic acids is 1. The summed E-state index contributed by atoms with van der Waals surface area (Å²) in [4.78, 5) is 14.4. The van der Waals surface area contributed by atoms with Crippen LogP contribution in [0.3, 0.4) is 0 Å². The van der Waals surface area contributed by atoms with Crippen molar-refractivity contribution >= 4 is 45.6 Å². The number of hydrogen-bond donors (Lipinski definition) is 1. The zero-order chi connectivity index (χ0) is 11.5. The fourth-order valence-electron chi connectivity index (χ4n) is 2.10. The van der Waals surface area contributed by atoms with Gasteiger partial charge in [0.15, 0.2) is 0 Å². The molecule has 0 amide bonds. The molecule has 0 radical (unpaired) electrons. The van der Waals surface area contributed by atoms with Gasteiger partial charge in [0, 0.05) is 11.4 Å². The molecule has 1 N–H and O–H groups in total. The minimum Gasteiger partial charge on any atom is -0.480 e. The van der Waals surface area contributed by atoms with Crippen LogP contribution in [0, 0.1) is 0 Å². The number of carboxylic acid groups (broad SMARTS) is 1. The molecule has 0 bridgehead atoms. The molecule has 0 aromatic carbocycles. The van der Waals surface area contributed by atoms with Crippen LogP contribution in [0.1, 0.15) is 24.1 Å². The smallest absolute Gasteiger partial charge is 0.320 e. The monoisotopic (exact) mass is 339 g/mol. The lowest BCUT2D eigenvalue weighted by atomic mass is 10.0. The molecule has 2 heterocycles. The number of piperidine rings is 1. The lowest BCUT2D eigenvalue weighted by Crippen LogP contribution is -2.43. The molecule has 6 heteroatoms. The van der Waals surface area contributed by atoms with Crippen molar-refractivity contribution in [2.45, 2.75) is 31.8 Å². The van der Waals surface area contributed by atoms with Crippen LogP contribution in [0.25, 0.3) is 0 Å². The Labute approximate surface area is 119 Å². The lowest BCUT2D eigenvalue weighted by Gasteiger charge is -2.32. The Kier molecular flexibility index (Phi) is 5.92. The highest BCUT2D eigenvalue weighted by atomic mass is 79.9. The standard InChI is InChI=1S/C11H14BrNO2S.ClH/c12-10-5-4-8(16-10)7-13-6-2-1-3-9(13)11(14)15;/h4-5,9H,1-3,6-7H2,(H,14,15);1H. The van der Waals surface area contributed by atoms with Gasteiger partial charge in [-0.3, -0.25) is 9.69 Å². The number of thiophene rings is 1. The second-order valence-electron chi connectivity index (χ2n) is 4.03. The van der Waals surface area contributed by atoms with Gasteiger partial charge in [0.25, 0.3) is 0 Å². The Hall–Kier alpha value is -0.100. The first-order valence-electron chi connectivity index (χ1n) is 5.38. The van der Waals surface area contributed by atoms with Crippen LogP contribution >= 0.6 is 39.7 Å². The Bertz CT molecular complexity index is 385. The van der Waals surface area contributed by atoms with Gasteiger partial charge in [-0.2, -0.15) is 0 Å². The summed E-state index contributed by atoms with van der Waals surface area (Å²) in [6.45, 7) is 1.65. The second-order valence-corrected chi connectivity index (χ2v) is 6.57. The maximum atomic E-state index is 11.1. The molecule has 0 saturated carbocycles. The zero-order valence-electron chi connectivity index (χ0n) is 9.26. The van der Waals surface area contributed by atoms with Crippen molar-refractivity contribution in [3.63, 3.8) is 0 Å². The fourth-order valence-corrected chi connectivity index (χ4v) is 3.61. The van der Waals surface area contributed by atoms with Crippen molar-refractivity contribution in [2.75, 3.05) is 6.54 Å². The maximum Gasteiger partial charge on any atom is 0.320 e. The second kappa shape index (κ2) is 6.73. The van der Waals surface area contributed by atoms with Gasteiger partial charge in [-0.15, -0.1) is 23.7 Å². The highest BCUT2D eigenvalue weighted by molar-refractivity contribution is 9.11. The van der Waals surface area contributed by atoms with Gasteiger partial charge in [0.1, 0.15) is 6.04 Å². The van der Waals surface area contributed by atoms with E-state index in [0.29, 0.717) is 0 Å². The summed E-state index contributed by atoms with van der Waals surface area (Å²) < 4.78 is 1.10. The Morgan fingerprint density at radius 3 is 2.88 bits per heavy atom. The molecule has 96 valence electrons. The lowest BCUT2D eigenvalue weighted by molar-refractivity contribution is -0.144. The molecule has 17 heavy (non-hydrogen) atoms. The van der Waals surface area contributed by atoms with Crippen LogP contribution in [0.15, 0.2) is 15.9 Å². The van der Waals surface area contributed by atoms with E-state index in [1.807, 2.05) is 6.07 Å². The van der Waals surface area contributed by atoms with E-state index in [2.05, 4.69) is 26.9 Å². The number of halogens is 2. The summed E-state index contributed by atoms with van der Waals surface area (Å²) in [5.41, 5.74) is 0.